The van der Waals surface area contributed by atoms with Gasteiger partial charge in [0.1, 0.15) is 0 Å². The largest absolute Gasteiger partial charge is 0.478 e. The highest BCUT2D eigenvalue weighted by molar-refractivity contribution is 6.39. The van der Waals surface area contributed by atoms with E-state index in [1.54, 1.807) is 30.3 Å². The van der Waals surface area contributed by atoms with Crippen molar-refractivity contribution in [2.24, 2.45) is 0 Å². The third kappa shape index (κ3) is 4.26. The van der Waals surface area contributed by atoms with Crippen LogP contribution in [0.25, 0.3) is 0 Å². The van der Waals surface area contributed by atoms with Gasteiger partial charge in [-0.25, -0.2) is 4.79 Å². The zero-order chi connectivity index (χ0) is 20.3. The first-order valence-electron chi connectivity index (χ1n) is 8.78. The molecule has 0 aliphatic heterocycles. The molecule has 0 aromatic heterocycles. The van der Waals surface area contributed by atoms with E-state index in [0.29, 0.717) is 24.1 Å². The van der Waals surface area contributed by atoms with E-state index in [2.05, 4.69) is 5.32 Å². The summed E-state index contributed by atoms with van der Waals surface area (Å²) in [5.74, 6) is -1.42. The van der Waals surface area contributed by atoms with Gasteiger partial charge >= 0.3 is 5.97 Å². The molecule has 0 spiro atoms. The van der Waals surface area contributed by atoms with Crippen molar-refractivity contribution >= 4 is 40.8 Å². The van der Waals surface area contributed by atoms with Gasteiger partial charge in [-0.05, 0) is 61.1 Å². The Bertz CT molecular complexity index is 961. The van der Waals surface area contributed by atoms with Gasteiger partial charge in [0.2, 0.25) is 0 Å². The van der Waals surface area contributed by atoms with E-state index in [-0.39, 0.29) is 26.9 Å². The zero-order valence-corrected chi connectivity index (χ0v) is 16.4. The second-order valence-corrected chi connectivity index (χ2v) is 7.29. The molecule has 2 aromatic carbocycles. The van der Waals surface area contributed by atoms with Crippen molar-refractivity contribution in [2.75, 3.05) is 0 Å². The van der Waals surface area contributed by atoms with Crippen LogP contribution in [0.3, 0.4) is 0 Å². The molecule has 1 amide bonds. The van der Waals surface area contributed by atoms with Crippen molar-refractivity contribution < 1.29 is 14.7 Å². The molecule has 0 saturated carbocycles. The van der Waals surface area contributed by atoms with Crippen LogP contribution >= 0.6 is 23.2 Å². The van der Waals surface area contributed by atoms with E-state index >= 15 is 0 Å². The van der Waals surface area contributed by atoms with Gasteiger partial charge in [0.15, 0.2) is 0 Å². The maximum Gasteiger partial charge on any atom is 0.335 e. The number of hydrogen-bond donors (Lipinski definition) is 3. The lowest BCUT2D eigenvalue weighted by Gasteiger charge is -2.22. The lowest BCUT2D eigenvalue weighted by atomic mass is 9.89. The highest BCUT2D eigenvalue weighted by Gasteiger charge is 2.22. The first-order chi connectivity index (χ1) is 13.4. The minimum Gasteiger partial charge on any atom is -0.478 e. The Balaban J connectivity index is 1.90. The molecular weight excluding hydrogens is 399 g/mol. The summed E-state index contributed by atoms with van der Waals surface area (Å²) in [6, 6.07) is 11.0. The zero-order valence-electron chi connectivity index (χ0n) is 14.9. The second kappa shape index (κ2) is 8.59. The summed E-state index contributed by atoms with van der Waals surface area (Å²) in [5, 5.41) is 21.0. The van der Waals surface area contributed by atoms with E-state index in [1.807, 2.05) is 0 Å². The number of allylic oxidation sites excluding steroid dienone is 2. The molecule has 28 heavy (non-hydrogen) atoms. The number of aromatic carboxylic acids is 1. The van der Waals surface area contributed by atoms with E-state index < -0.39 is 11.9 Å². The first kappa shape index (κ1) is 20.1. The standard InChI is InChI=1S/C21H18Cl2N2O3/c22-15-5-3-6-16(23)18(15)20(26)25-17-7-2-1-4-14(17)19(24)12-8-10-13(11-9-12)21(27)28/h3,5-6,8-11,24H,1-2,4,7H2,(H,25,26)(H,27,28). The minimum absolute atomic E-state index is 0.163. The molecule has 7 heteroatoms. The third-order valence-electron chi connectivity index (χ3n) is 4.64. The van der Waals surface area contributed by atoms with Crippen molar-refractivity contribution in [3.63, 3.8) is 0 Å². The Labute approximate surface area is 172 Å². The van der Waals surface area contributed by atoms with Crippen molar-refractivity contribution in [1.29, 1.82) is 5.41 Å². The monoisotopic (exact) mass is 416 g/mol. The molecule has 0 heterocycles. The molecule has 1 aliphatic rings. The van der Waals surface area contributed by atoms with Crippen LogP contribution in [0.4, 0.5) is 0 Å². The Hall–Kier alpha value is -2.63. The van der Waals surface area contributed by atoms with E-state index in [0.717, 1.165) is 18.4 Å². The number of nitrogens with one attached hydrogen (secondary N) is 2. The van der Waals surface area contributed by atoms with E-state index in [4.69, 9.17) is 33.7 Å². The topological polar surface area (TPSA) is 90.3 Å². The Kier molecular flexibility index (Phi) is 6.17. The van der Waals surface area contributed by atoms with Gasteiger partial charge in [-0.15, -0.1) is 0 Å². The Morgan fingerprint density at radius 2 is 1.50 bits per heavy atom. The molecule has 144 valence electrons. The summed E-state index contributed by atoms with van der Waals surface area (Å²) in [5.41, 5.74) is 2.67. The molecule has 0 saturated heterocycles. The number of halogens is 2. The molecule has 3 N–H and O–H groups in total. The quantitative estimate of drug-likeness (QED) is 0.576. The predicted octanol–water partition coefficient (Wildman–Crippen LogP) is 5.32. The molecule has 0 unspecified atom stereocenters. The van der Waals surface area contributed by atoms with Crippen molar-refractivity contribution in [2.45, 2.75) is 25.7 Å². The van der Waals surface area contributed by atoms with Gasteiger partial charge in [0, 0.05) is 5.70 Å². The van der Waals surface area contributed by atoms with Crippen LogP contribution in [0.2, 0.25) is 10.0 Å². The normalized spacial score (nSPS) is 13.9. The van der Waals surface area contributed by atoms with Gasteiger partial charge in [-0.1, -0.05) is 41.4 Å². The Morgan fingerprint density at radius 3 is 2.11 bits per heavy atom. The minimum atomic E-state index is -1.01. The highest BCUT2D eigenvalue weighted by Crippen LogP contribution is 2.28. The van der Waals surface area contributed by atoms with Gasteiger partial charge < -0.3 is 10.4 Å². The average Bonchev–Trinajstić information content (AvgIpc) is 2.68. The number of benzene rings is 2. The maximum absolute atomic E-state index is 12.7. The van der Waals surface area contributed by atoms with Crippen LogP contribution in [0.1, 0.15) is 52.0 Å². The summed E-state index contributed by atoms with van der Waals surface area (Å²) in [6.07, 6.45) is 3.11. The first-order valence-corrected chi connectivity index (χ1v) is 9.54. The fourth-order valence-corrected chi connectivity index (χ4v) is 3.76. The second-order valence-electron chi connectivity index (χ2n) is 6.47. The number of carbonyl (C=O) groups is 2. The number of carbonyl (C=O) groups excluding carboxylic acids is 1. The molecule has 0 fully saturated rings. The number of amides is 1. The fraction of sp³-hybridized carbons (Fsp3) is 0.190. The van der Waals surface area contributed by atoms with Crippen LogP contribution in [-0.2, 0) is 0 Å². The molecule has 3 rings (SSSR count). The number of carboxylic acids is 1. The molecule has 5 nitrogen and oxygen atoms in total. The lowest BCUT2D eigenvalue weighted by Crippen LogP contribution is -2.28. The van der Waals surface area contributed by atoms with Crippen LogP contribution in [0.5, 0.6) is 0 Å². The Morgan fingerprint density at radius 1 is 0.929 bits per heavy atom. The predicted molar refractivity (Wildman–Crippen MR) is 110 cm³/mol. The van der Waals surface area contributed by atoms with Crippen LogP contribution in [0.15, 0.2) is 53.7 Å². The fourth-order valence-electron chi connectivity index (χ4n) is 3.19. The third-order valence-corrected chi connectivity index (χ3v) is 5.27. The number of carboxylic acid groups (broad SMARTS) is 1. The van der Waals surface area contributed by atoms with Gasteiger partial charge in [-0.2, -0.15) is 0 Å². The van der Waals surface area contributed by atoms with Gasteiger partial charge in [0.05, 0.1) is 26.9 Å². The molecule has 0 bridgehead atoms. The molecule has 2 aromatic rings. The van der Waals surface area contributed by atoms with Crippen molar-refractivity contribution in [3.8, 4) is 0 Å². The molecule has 1 aliphatic carbocycles. The summed E-state index contributed by atoms with van der Waals surface area (Å²) in [7, 11) is 0. The van der Waals surface area contributed by atoms with Gasteiger partial charge in [-0.3, -0.25) is 10.2 Å². The summed E-state index contributed by atoms with van der Waals surface area (Å²) >= 11 is 12.3. The summed E-state index contributed by atoms with van der Waals surface area (Å²) < 4.78 is 0. The average molecular weight is 417 g/mol. The molecule has 0 radical (unpaired) electrons. The highest BCUT2D eigenvalue weighted by atomic mass is 35.5. The summed E-state index contributed by atoms with van der Waals surface area (Å²) in [6.45, 7) is 0. The van der Waals surface area contributed by atoms with E-state index in [1.165, 1.54) is 12.1 Å². The summed E-state index contributed by atoms with van der Waals surface area (Å²) in [4.78, 5) is 23.7. The molecular formula is C21H18Cl2N2O3. The smallest absolute Gasteiger partial charge is 0.335 e. The lowest BCUT2D eigenvalue weighted by molar-refractivity contribution is 0.0696. The van der Waals surface area contributed by atoms with Crippen LogP contribution < -0.4 is 5.32 Å². The van der Waals surface area contributed by atoms with E-state index in [9.17, 15) is 9.59 Å². The van der Waals surface area contributed by atoms with Crippen molar-refractivity contribution in [1.82, 2.24) is 5.32 Å². The van der Waals surface area contributed by atoms with Crippen molar-refractivity contribution in [3.05, 3.63) is 80.5 Å². The van der Waals surface area contributed by atoms with Crippen LogP contribution in [0, 0.1) is 5.41 Å². The number of rotatable bonds is 5. The van der Waals surface area contributed by atoms with Crippen LogP contribution in [-0.4, -0.2) is 22.7 Å². The van der Waals surface area contributed by atoms with Gasteiger partial charge in [0.25, 0.3) is 5.91 Å². The molecule has 0 atom stereocenters. The SMILES string of the molecule is N=C(C1=C(NC(=O)c2c(Cl)cccc2Cl)CCCC1)c1ccc(C(=O)O)cc1. The number of hydrogen-bond acceptors (Lipinski definition) is 3. The maximum atomic E-state index is 12.7.